The molecule has 2 atom stereocenters. The Morgan fingerprint density at radius 1 is 1.18 bits per heavy atom. The van der Waals surface area contributed by atoms with Crippen molar-refractivity contribution in [1.82, 2.24) is 0 Å². The van der Waals surface area contributed by atoms with Crippen LogP contribution in [0.5, 0.6) is 0 Å². The number of ether oxygens (including phenoxy) is 2. The van der Waals surface area contributed by atoms with Crippen LogP contribution in [-0.2, 0) is 16.1 Å². The Hall–Kier alpha value is -1.06. The third kappa shape index (κ3) is 3.72. The molecule has 1 aliphatic rings. The molecule has 0 heterocycles. The van der Waals surface area contributed by atoms with Gasteiger partial charge in [0.25, 0.3) is 0 Å². The van der Waals surface area contributed by atoms with Crippen molar-refractivity contribution >= 4 is 5.69 Å². The molecule has 1 aromatic rings. The molecule has 0 saturated heterocycles. The Balaban J connectivity index is 1.79. The van der Waals surface area contributed by atoms with E-state index < -0.39 is 0 Å². The second kappa shape index (κ2) is 6.03. The quantitative estimate of drug-likeness (QED) is 0.816. The SMILES string of the molecule is COC1CCCC(OCc2ccc(N)cc2)C1. The minimum atomic E-state index is 0.339. The zero-order valence-electron chi connectivity index (χ0n) is 10.4. The van der Waals surface area contributed by atoms with E-state index in [1.807, 2.05) is 24.3 Å². The molecule has 0 amide bonds. The summed E-state index contributed by atoms with van der Waals surface area (Å²) in [7, 11) is 1.78. The minimum absolute atomic E-state index is 0.339. The van der Waals surface area contributed by atoms with Gasteiger partial charge >= 0.3 is 0 Å². The van der Waals surface area contributed by atoms with Gasteiger partial charge in [-0.3, -0.25) is 0 Å². The lowest BCUT2D eigenvalue weighted by Gasteiger charge is -2.28. The number of hydrogen-bond donors (Lipinski definition) is 1. The van der Waals surface area contributed by atoms with Crippen LogP contribution >= 0.6 is 0 Å². The van der Waals surface area contributed by atoms with Crippen LogP contribution < -0.4 is 5.73 Å². The minimum Gasteiger partial charge on any atom is -0.399 e. The van der Waals surface area contributed by atoms with Gasteiger partial charge in [0.05, 0.1) is 18.8 Å². The van der Waals surface area contributed by atoms with Gasteiger partial charge in [0.15, 0.2) is 0 Å². The first-order chi connectivity index (χ1) is 8.28. The lowest BCUT2D eigenvalue weighted by Crippen LogP contribution is -2.27. The van der Waals surface area contributed by atoms with E-state index in [-0.39, 0.29) is 0 Å². The molecule has 0 aromatic heterocycles. The highest BCUT2D eigenvalue weighted by molar-refractivity contribution is 5.39. The molecule has 1 fully saturated rings. The third-order valence-electron chi connectivity index (χ3n) is 3.38. The standard InChI is InChI=1S/C14H21NO2/c1-16-13-3-2-4-14(9-13)17-10-11-5-7-12(15)8-6-11/h5-8,13-14H,2-4,9-10,15H2,1H3. The predicted molar refractivity (Wildman–Crippen MR) is 68.7 cm³/mol. The summed E-state index contributed by atoms with van der Waals surface area (Å²) in [6.45, 7) is 0.668. The topological polar surface area (TPSA) is 44.5 Å². The van der Waals surface area contributed by atoms with Crippen molar-refractivity contribution in [2.24, 2.45) is 0 Å². The first-order valence-corrected chi connectivity index (χ1v) is 6.26. The van der Waals surface area contributed by atoms with E-state index in [2.05, 4.69) is 0 Å². The second-order valence-corrected chi connectivity index (χ2v) is 4.70. The summed E-state index contributed by atoms with van der Waals surface area (Å²) < 4.78 is 11.3. The van der Waals surface area contributed by atoms with Crippen molar-refractivity contribution in [1.29, 1.82) is 0 Å². The molecular weight excluding hydrogens is 214 g/mol. The molecule has 0 aliphatic heterocycles. The van der Waals surface area contributed by atoms with Crippen molar-refractivity contribution in [3.63, 3.8) is 0 Å². The van der Waals surface area contributed by atoms with Crippen LogP contribution in [0.3, 0.4) is 0 Å². The molecule has 1 aromatic carbocycles. The maximum absolute atomic E-state index is 5.92. The molecule has 0 spiro atoms. The highest BCUT2D eigenvalue weighted by Crippen LogP contribution is 2.24. The molecule has 1 saturated carbocycles. The Labute approximate surface area is 103 Å². The molecule has 2 rings (SSSR count). The van der Waals surface area contributed by atoms with E-state index in [1.54, 1.807) is 7.11 Å². The lowest BCUT2D eigenvalue weighted by atomic mass is 9.95. The van der Waals surface area contributed by atoms with Gasteiger partial charge in [0.2, 0.25) is 0 Å². The molecule has 17 heavy (non-hydrogen) atoms. The Kier molecular flexibility index (Phi) is 4.40. The van der Waals surface area contributed by atoms with Gasteiger partial charge in [-0.2, -0.15) is 0 Å². The smallest absolute Gasteiger partial charge is 0.0720 e. The van der Waals surface area contributed by atoms with Crippen LogP contribution in [0.1, 0.15) is 31.2 Å². The Morgan fingerprint density at radius 2 is 1.88 bits per heavy atom. The first-order valence-electron chi connectivity index (χ1n) is 6.26. The van der Waals surface area contributed by atoms with Gasteiger partial charge in [-0.15, -0.1) is 0 Å². The number of methoxy groups -OCH3 is 1. The van der Waals surface area contributed by atoms with Crippen LogP contribution in [0.4, 0.5) is 5.69 Å². The summed E-state index contributed by atoms with van der Waals surface area (Å²) in [6.07, 6.45) is 5.25. The number of nitrogen functional groups attached to an aromatic ring is 1. The van der Waals surface area contributed by atoms with Crippen LogP contribution in [-0.4, -0.2) is 19.3 Å². The van der Waals surface area contributed by atoms with Gasteiger partial charge in [-0.05, 0) is 43.4 Å². The molecule has 1 aliphatic carbocycles. The monoisotopic (exact) mass is 235 g/mol. The average Bonchev–Trinajstić information content (AvgIpc) is 2.38. The fourth-order valence-corrected chi connectivity index (χ4v) is 2.30. The Bertz CT molecular complexity index is 337. The van der Waals surface area contributed by atoms with E-state index in [0.29, 0.717) is 18.8 Å². The molecule has 2 N–H and O–H groups in total. The molecule has 3 nitrogen and oxygen atoms in total. The third-order valence-corrected chi connectivity index (χ3v) is 3.38. The molecule has 2 unspecified atom stereocenters. The van der Waals surface area contributed by atoms with Gasteiger partial charge in [-0.25, -0.2) is 0 Å². The van der Waals surface area contributed by atoms with Crippen molar-refractivity contribution in [2.45, 2.75) is 44.5 Å². The fraction of sp³-hybridized carbons (Fsp3) is 0.571. The molecule has 94 valence electrons. The van der Waals surface area contributed by atoms with Gasteiger partial charge in [0.1, 0.15) is 0 Å². The Morgan fingerprint density at radius 3 is 2.59 bits per heavy atom. The van der Waals surface area contributed by atoms with Crippen molar-refractivity contribution in [3.05, 3.63) is 29.8 Å². The summed E-state index contributed by atoms with van der Waals surface area (Å²) in [4.78, 5) is 0. The number of hydrogen-bond acceptors (Lipinski definition) is 3. The van der Waals surface area contributed by atoms with Crippen LogP contribution in [0.25, 0.3) is 0 Å². The van der Waals surface area contributed by atoms with E-state index in [4.69, 9.17) is 15.2 Å². The summed E-state index contributed by atoms with van der Waals surface area (Å²) in [5.41, 5.74) is 7.62. The van der Waals surface area contributed by atoms with E-state index in [9.17, 15) is 0 Å². The van der Waals surface area contributed by atoms with Crippen molar-refractivity contribution in [3.8, 4) is 0 Å². The highest BCUT2D eigenvalue weighted by atomic mass is 16.5. The lowest BCUT2D eigenvalue weighted by molar-refractivity contribution is -0.0363. The second-order valence-electron chi connectivity index (χ2n) is 4.70. The van der Waals surface area contributed by atoms with Crippen LogP contribution in [0.15, 0.2) is 24.3 Å². The van der Waals surface area contributed by atoms with Gasteiger partial charge in [0, 0.05) is 12.8 Å². The molecule has 0 radical (unpaired) electrons. The molecule has 0 bridgehead atoms. The van der Waals surface area contributed by atoms with E-state index >= 15 is 0 Å². The summed E-state index contributed by atoms with van der Waals surface area (Å²) >= 11 is 0. The average molecular weight is 235 g/mol. The number of rotatable bonds is 4. The van der Waals surface area contributed by atoms with Crippen molar-refractivity contribution in [2.75, 3.05) is 12.8 Å². The first kappa shape index (κ1) is 12.4. The van der Waals surface area contributed by atoms with Crippen LogP contribution in [0, 0.1) is 0 Å². The van der Waals surface area contributed by atoms with Gasteiger partial charge < -0.3 is 15.2 Å². The zero-order chi connectivity index (χ0) is 12.1. The van der Waals surface area contributed by atoms with Crippen LogP contribution in [0.2, 0.25) is 0 Å². The molecule has 3 heteroatoms. The highest BCUT2D eigenvalue weighted by Gasteiger charge is 2.21. The largest absolute Gasteiger partial charge is 0.399 e. The van der Waals surface area contributed by atoms with E-state index in [0.717, 1.165) is 24.9 Å². The predicted octanol–water partition coefficient (Wildman–Crippen LogP) is 2.74. The number of nitrogens with two attached hydrogens (primary N) is 1. The summed E-state index contributed by atoms with van der Waals surface area (Å²) in [5, 5.41) is 0. The van der Waals surface area contributed by atoms with Crippen molar-refractivity contribution < 1.29 is 9.47 Å². The fourth-order valence-electron chi connectivity index (χ4n) is 2.30. The van der Waals surface area contributed by atoms with E-state index in [1.165, 1.54) is 12.0 Å². The summed E-state index contributed by atoms with van der Waals surface area (Å²) in [6, 6.07) is 7.87. The maximum Gasteiger partial charge on any atom is 0.0720 e. The number of benzene rings is 1. The van der Waals surface area contributed by atoms with Gasteiger partial charge in [-0.1, -0.05) is 12.1 Å². The number of anilines is 1. The molecular formula is C14H21NO2. The maximum atomic E-state index is 5.92. The normalized spacial score (nSPS) is 24.8. The zero-order valence-corrected chi connectivity index (χ0v) is 10.4. The summed E-state index contributed by atoms with van der Waals surface area (Å²) in [5.74, 6) is 0.